The van der Waals surface area contributed by atoms with Gasteiger partial charge in [0.15, 0.2) is 0 Å². The van der Waals surface area contributed by atoms with E-state index in [1.807, 2.05) is 0 Å². The van der Waals surface area contributed by atoms with E-state index in [2.05, 4.69) is 15.6 Å². The van der Waals surface area contributed by atoms with Crippen molar-refractivity contribution in [2.75, 3.05) is 11.9 Å². The van der Waals surface area contributed by atoms with Gasteiger partial charge in [-0.3, -0.25) is 4.98 Å². The molecule has 2 amide bonds. The summed E-state index contributed by atoms with van der Waals surface area (Å²) < 4.78 is 0. The van der Waals surface area contributed by atoms with Gasteiger partial charge in [0.05, 0.1) is 24.0 Å². The molecule has 92 valence electrons. The Kier molecular flexibility index (Phi) is 3.58. The Bertz CT molecular complexity index is 375. The summed E-state index contributed by atoms with van der Waals surface area (Å²) in [4.78, 5) is 15.7. The molecule has 1 aliphatic carbocycles. The lowest BCUT2D eigenvalue weighted by Gasteiger charge is -2.27. The van der Waals surface area contributed by atoms with E-state index in [9.17, 15) is 9.90 Å². The Morgan fingerprint density at radius 3 is 2.82 bits per heavy atom. The number of amides is 2. The topological polar surface area (TPSA) is 74.2 Å². The summed E-state index contributed by atoms with van der Waals surface area (Å²) in [6.45, 7) is -0.00649. The maximum absolute atomic E-state index is 11.8. The summed E-state index contributed by atoms with van der Waals surface area (Å²) >= 11 is 0. The van der Waals surface area contributed by atoms with Crippen LogP contribution in [0.3, 0.4) is 0 Å². The number of hydrogen-bond acceptors (Lipinski definition) is 3. The Morgan fingerprint density at radius 2 is 2.24 bits per heavy atom. The highest BCUT2D eigenvalue weighted by molar-refractivity contribution is 5.89. The lowest BCUT2D eigenvalue weighted by Crippen LogP contribution is -2.50. The van der Waals surface area contributed by atoms with Crippen LogP contribution in [-0.4, -0.2) is 28.3 Å². The van der Waals surface area contributed by atoms with Crippen LogP contribution in [0, 0.1) is 0 Å². The third kappa shape index (κ3) is 2.94. The maximum atomic E-state index is 11.8. The number of hydrogen-bond donors (Lipinski definition) is 3. The van der Waals surface area contributed by atoms with Gasteiger partial charge in [-0.05, 0) is 25.0 Å². The zero-order valence-electron chi connectivity index (χ0n) is 9.65. The Hall–Kier alpha value is -1.62. The highest BCUT2D eigenvalue weighted by Crippen LogP contribution is 2.29. The van der Waals surface area contributed by atoms with Gasteiger partial charge >= 0.3 is 6.03 Å². The fraction of sp³-hybridized carbons (Fsp3) is 0.500. The number of nitrogens with one attached hydrogen (secondary N) is 2. The summed E-state index contributed by atoms with van der Waals surface area (Å²) in [5, 5.41) is 14.9. The zero-order chi connectivity index (χ0) is 12.1. The molecule has 2 rings (SSSR count). The number of carbonyl (C=O) groups is 1. The SMILES string of the molecule is O=C(Nc1cccnc1)NC1(CO)CCCC1. The molecule has 0 unspecified atom stereocenters. The number of aliphatic hydroxyl groups is 1. The molecular formula is C12H17N3O2. The molecule has 1 heterocycles. The highest BCUT2D eigenvalue weighted by Gasteiger charge is 2.34. The molecule has 1 fully saturated rings. The van der Waals surface area contributed by atoms with Gasteiger partial charge < -0.3 is 15.7 Å². The summed E-state index contributed by atoms with van der Waals surface area (Å²) in [5.74, 6) is 0. The number of aromatic nitrogens is 1. The number of rotatable bonds is 3. The fourth-order valence-corrected chi connectivity index (χ4v) is 2.21. The van der Waals surface area contributed by atoms with Crippen LogP contribution in [0.1, 0.15) is 25.7 Å². The highest BCUT2D eigenvalue weighted by atomic mass is 16.3. The van der Waals surface area contributed by atoms with Gasteiger partial charge in [0.2, 0.25) is 0 Å². The molecule has 5 nitrogen and oxygen atoms in total. The third-order valence-corrected chi connectivity index (χ3v) is 3.16. The van der Waals surface area contributed by atoms with E-state index in [0.29, 0.717) is 5.69 Å². The van der Waals surface area contributed by atoms with Crippen LogP contribution in [0.4, 0.5) is 10.5 Å². The van der Waals surface area contributed by atoms with Crippen molar-refractivity contribution in [2.45, 2.75) is 31.2 Å². The van der Waals surface area contributed by atoms with Gasteiger partial charge in [0, 0.05) is 6.20 Å². The predicted octanol–water partition coefficient (Wildman–Crippen LogP) is 1.51. The third-order valence-electron chi connectivity index (χ3n) is 3.16. The van der Waals surface area contributed by atoms with E-state index in [4.69, 9.17) is 0 Å². The second-order valence-electron chi connectivity index (χ2n) is 4.47. The van der Waals surface area contributed by atoms with Crippen LogP contribution < -0.4 is 10.6 Å². The first kappa shape index (κ1) is 11.9. The van der Waals surface area contributed by atoms with Crippen molar-refractivity contribution >= 4 is 11.7 Å². The molecule has 0 aromatic carbocycles. The first-order valence-electron chi connectivity index (χ1n) is 5.84. The van der Waals surface area contributed by atoms with E-state index in [0.717, 1.165) is 25.7 Å². The number of pyridine rings is 1. The quantitative estimate of drug-likeness (QED) is 0.743. The molecule has 1 aromatic rings. The monoisotopic (exact) mass is 235 g/mol. The number of nitrogens with zero attached hydrogens (tertiary/aromatic N) is 1. The molecule has 17 heavy (non-hydrogen) atoms. The van der Waals surface area contributed by atoms with Crippen LogP contribution >= 0.6 is 0 Å². The number of aliphatic hydroxyl groups excluding tert-OH is 1. The van der Waals surface area contributed by atoms with Crippen LogP contribution in [0.2, 0.25) is 0 Å². The average Bonchev–Trinajstić information content (AvgIpc) is 2.79. The first-order valence-corrected chi connectivity index (χ1v) is 5.84. The minimum Gasteiger partial charge on any atom is -0.394 e. The van der Waals surface area contributed by atoms with Crippen LogP contribution in [0.15, 0.2) is 24.5 Å². The molecule has 0 atom stereocenters. The van der Waals surface area contributed by atoms with E-state index in [-0.39, 0.29) is 12.6 Å². The summed E-state index contributed by atoms with van der Waals surface area (Å²) in [7, 11) is 0. The summed E-state index contributed by atoms with van der Waals surface area (Å²) in [6.07, 6.45) is 7.00. The Morgan fingerprint density at radius 1 is 1.47 bits per heavy atom. The molecule has 0 aliphatic heterocycles. The first-order chi connectivity index (χ1) is 8.24. The zero-order valence-corrected chi connectivity index (χ0v) is 9.65. The van der Waals surface area contributed by atoms with Crippen molar-refractivity contribution in [3.05, 3.63) is 24.5 Å². The van der Waals surface area contributed by atoms with E-state index in [1.165, 1.54) is 0 Å². The molecule has 3 N–H and O–H groups in total. The fourth-order valence-electron chi connectivity index (χ4n) is 2.21. The van der Waals surface area contributed by atoms with Crippen LogP contribution in [0.25, 0.3) is 0 Å². The van der Waals surface area contributed by atoms with Gasteiger partial charge in [0.1, 0.15) is 0 Å². The lowest BCUT2D eigenvalue weighted by molar-refractivity contribution is 0.167. The number of anilines is 1. The van der Waals surface area contributed by atoms with Crippen molar-refractivity contribution < 1.29 is 9.90 Å². The lowest BCUT2D eigenvalue weighted by atomic mass is 9.99. The van der Waals surface area contributed by atoms with Gasteiger partial charge in [-0.1, -0.05) is 12.8 Å². The normalized spacial score (nSPS) is 17.7. The average molecular weight is 235 g/mol. The van der Waals surface area contributed by atoms with Crippen molar-refractivity contribution in [2.24, 2.45) is 0 Å². The van der Waals surface area contributed by atoms with Crippen molar-refractivity contribution in [3.63, 3.8) is 0 Å². The van der Waals surface area contributed by atoms with Gasteiger partial charge in [0.25, 0.3) is 0 Å². The molecule has 0 saturated heterocycles. The molecule has 1 aliphatic rings. The number of carbonyl (C=O) groups excluding carboxylic acids is 1. The minimum atomic E-state index is -0.438. The Labute approximate surface area is 100 Å². The maximum Gasteiger partial charge on any atom is 0.319 e. The Balaban J connectivity index is 1.93. The number of urea groups is 1. The van der Waals surface area contributed by atoms with Crippen molar-refractivity contribution in [1.82, 2.24) is 10.3 Å². The van der Waals surface area contributed by atoms with Gasteiger partial charge in [-0.15, -0.1) is 0 Å². The van der Waals surface area contributed by atoms with Crippen LogP contribution in [0.5, 0.6) is 0 Å². The second kappa shape index (κ2) is 5.14. The van der Waals surface area contributed by atoms with Crippen LogP contribution in [-0.2, 0) is 0 Å². The van der Waals surface area contributed by atoms with E-state index >= 15 is 0 Å². The molecule has 0 radical (unpaired) electrons. The second-order valence-corrected chi connectivity index (χ2v) is 4.47. The summed E-state index contributed by atoms with van der Waals surface area (Å²) in [5.41, 5.74) is 0.211. The standard InChI is InChI=1S/C12H17N3O2/c16-9-12(5-1-2-6-12)15-11(17)14-10-4-3-7-13-8-10/h3-4,7-8,16H,1-2,5-6,9H2,(H2,14,15,17). The molecule has 1 saturated carbocycles. The van der Waals surface area contributed by atoms with E-state index in [1.54, 1.807) is 24.5 Å². The molecule has 0 spiro atoms. The molecule has 0 bridgehead atoms. The van der Waals surface area contributed by atoms with Gasteiger partial charge in [-0.2, -0.15) is 0 Å². The van der Waals surface area contributed by atoms with Crippen molar-refractivity contribution in [3.8, 4) is 0 Å². The molecule has 5 heteroatoms. The molecular weight excluding hydrogens is 218 g/mol. The smallest absolute Gasteiger partial charge is 0.319 e. The van der Waals surface area contributed by atoms with Crippen molar-refractivity contribution in [1.29, 1.82) is 0 Å². The summed E-state index contributed by atoms with van der Waals surface area (Å²) in [6, 6.07) is 3.24. The minimum absolute atomic E-state index is 0.00649. The van der Waals surface area contributed by atoms with Gasteiger partial charge in [-0.25, -0.2) is 4.79 Å². The largest absolute Gasteiger partial charge is 0.394 e. The molecule has 1 aromatic heterocycles. The van der Waals surface area contributed by atoms with E-state index < -0.39 is 5.54 Å². The predicted molar refractivity (Wildman–Crippen MR) is 64.7 cm³/mol.